The maximum Gasteiger partial charge on any atom is 0.387 e. The first-order chi connectivity index (χ1) is 18.1. The van der Waals surface area contributed by atoms with Crippen LogP contribution in [0.15, 0.2) is 48.9 Å². The molecule has 1 aliphatic rings. The van der Waals surface area contributed by atoms with Gasteiger partial charge in [-0.15, -0.1) is 0 Å². The third-order valence-corrected chi connectivity index (χ3v) is 7.51. The predicted octanol–water partition coefficient (Wildman–Crippen LogP) is 6.18. The molecule has 1 aliphatic carbocycles. The number of aliphatic carboxylic acids is 1. The molecule has 0 amide bonds. The minimum Gasteiger partial charge on any atom is -0.481 e. The zero-order chi connectivity index (χ0) is 27.0. The van der Waals surface area contributed by atoms with Crippen molar-refractivity contribution in [1.82, 2.24) is 19.4 Å². The standard InChI is InChI=1S/C28H27F3N4O3/c1-16-22(11-18-5-3-4-6-23(18)38-27(30)31)35-15-20(21(29)12-24(35)34-16)19-13-32-25(33-14-19)17-7-9-28(2,10-8-17)26(36)37/h3-6,12-15,17,27H,7-11H2,1-2H3,(H,36,37)/t17-,28+. The monoisotopic (exact) mass is 524 g/mol. The first-order valence-electron chi connectivity index (χ1n) is 12.4. The molecule has 0 unspecified atom stereocenters. The number of hydrogen-bond acceptors (Lipinski definition) is 5. The number of aryl methyl sites for hydroxylation is 1. The van der Waals surface area contributed by atoms with E-state index in [-0.39, 0.29) is 23.7 Å². The maximum absolute atomic E-state index is 15.1. The number of carboxylic acids is 1. The second kappa shape index (κ2) is 10.1. The van der Waals surface area contributed by atoms with E-state index in [0.29, 0.717) is 59.7 Å². The third kappa shape index (κ3) is 4.94. The van der Waals surface area contributed by atoms with E-state index in [1.165, 1.54) is 12.1 Å². The van der Waals surface area contributed by atoms with Crippen molar-refractivity contribution in [3.8, 4) is 16.9 Å². The van der Waals surface area contributed by atoms with Crippen LogP contribution in [0.2, 0.25) is 0 Å². The maximum atomic E-state index is 15.1. The summed E-state index contributed by atoms with van der Waals surface area (Å²) in [6.45, 7) is 0.609. The molecule has 38 heavy (non-hydrogen) atoms. The van der Waals surface area contributed by atoms with Gasteiger partial charge in [0.05, 0.1) is 11.1 Å². The van der Waals surface area contributed by atoms with E-state index >= 15 is 4.39 Å². The fourth-order valence-electron chi connectivity index (χ4n) is 5.11. The Labute approximate surface area is 217 Å². The summed E-state index contributed by atoms with van der Waals surface area (Å²) in [6, 6.07) is 7.88. The van der Waals surface area contributed by atoms with Crippen LogP contribution >= 0.6 is 0 Å². The fraction of sp³-hybridized carbons (Fsp3) is 0.357. The Kier molecular flexibility index (Phi) is 6.81. The highest BCUT2D eigenvalue weighted by Gasteiger charge is 2.38. The van der Waals surface area contributed by atoms with Crippen LogP contribution in [-0.2, 0) is 11.2 Å². The second-order valence-corrected chi connectivity index (χ2v) is 10.0. The summed E-state index contributed by atoms with van der Waals surface area (Å²) >= 11 is 0. The van der Waals surface area contributed by atoms with Crippen LogP contribution in [0.3, 0.4) is 0 Å². The lowest BCUT2D eigenvalue weighted by Gasteiger charge is -2.33. The predicted molar refractivity (Wildman–Crippen MR) is 134 cm³/mol. The zero-order valence-corrected chi connectivity index (χ0v) is 21.0. The van der Waals surface area contributed by atoms with Gasteiger partial charge in [-0.25, -0.2) is 19.3 Å². The molecular formula is C28H27F3N4O3. The molecule has 4 aromatic rings. The normalized spacial score (nSPS) is 19.7. The molecule has 0 aliphatic heterocycles. The first kappa shape index (κ1) is 25.7. The van der Waals surface area contributed by atoms with E-state index < -0.39 is 23.8 Å². The number of fused-ring (bicyclic) bond motifs is 1. The molecule has 1 saturated carbocycles. The molecule has 1 N–H and O–H groups in total. The highest BCUT2D eigenvalue weighted by molar-refractivity contribution is 5.74. The molecule has 1 fully saturated rings. The highest BCUT2D eigenvalue weighted by Crippen LogP contribution is 2.42. The molecule has 3 heterocycles. The molecule has 1 aromatic carbocycles. The Bertz CT molecular complexity index is 1480. The summed E-state index contributed by atoms with van der Waals surface area (Å²) < 4.78 is 47.3. The number of carbonyl (C=O) groups is 1. The Morgan fingerprint density at radius 3 is 2.55 bits per heavy atom. The smallest absolute Gasteiger partial charge is 0.387 e. The lowest BCUT2D eigenvalue weighted by molar-refractivity contribution is -0.150. The minimum absolute atomic E-state index is 0.0576. The molecule has 7 nitrogen and oxygen atoms in total. The first-order valence-corrected chi connectivity index (χ1v) is 12.4. The number of imidazole rings is 1. The number of benzene rings is 1. The van der Waals surface area contributed by atoms with Crippen molar-refractivity contribution < 1.29 is 27.8 Å². The number of alkyl halides is 2. The van der Waals surface area contributed by atoms with Gasteiger partial charge in [-0.3, -0.25) is 4.79 Å². The van der Waals surface area contributed by atoms with Gasteiger partial charge in [0.15, 0.2) is 0 Å². The van der Waals surface area contributed by atoms with E-state index in [0.717, 1.165) is 0 Å². The lowest BCUT2D eigenvalue weighted by atomic mass is 9.71. The number of rotatable bonds is 7. The van der Waals surface area contributed by atoms with Crippen LogP contribution < -0.4 is 4.74 Å². The van der Waals surface area contributed by atoms with Crippen LogP contribution in [-0.4, -0.2) is 37.0 Å². The quantitative estimate of drug-likeness (QED) is 0.311. The molecule has 198 valence electrons. The van der Waals surface area contributed by atoms with Crippen molar-refractivity contribution >= 4 is 11.6 Å². The molecule has 0 spiro atoms. The van der Waals surface area contributed by atoms with Gasteiger partial charge in [-0.1, -0.05) is 18.2 Å². The van der Waals surface area contributed by atoms with Crippen molar-refractivity contribution in [2.45, 2.75) is 58.5 Å². The van der Waals surface area contributed by atoms with Crippen LogP contribution in [0.5, 0.6) is 5.75 Å². The number of halogens is 3. The zero-order valence-electron chi connectivity index (χ0n) is 21.0. The molecule has 0 atom stereocenters. The average Bonchev–Trinajstić information content (AvgIpc) is 3.18. The van der Waals surface area contributed by atoms with Crippen molar-refractivity contribution in [3.63, 3.8) is 0 Å². The van der Waals surface area contributed by atoms with Crippen LogP contribution in [0.1, 0.15) is 61.3 Å². The fourth-order valence-corrected chi connectivity index (χ4v) is 5.11. The number of pyridine rings is 1. The molecule has 5 rings (SSSR count). The van der Waals surface area contributed by atoms with Gasteiger partial charge in [-0.05, 0) is 45.6 Å². The largest absolute Gasteiger partial charge is 0.481 e. The lowest BCUT2D eigenvalue weighted by Crippen LogP contribution is -2.32. The van der Waals surface area contributed by atoms with Gasteiger partial charge < -0.3 is 14.2 Å². The molecular weight excluding hydrogens is 497 g/mol. The van der Waals surface area contributed by atoms with Crippen molar-refractivity contribution in [1.29, 1.82) is 0 Å². The van der Waals surface area contributed by atoms with E-state index in [4.69, 9.17) is 0 Å². The summed E-state index contributed by atoms with van der Waals surface area (Å²) in [4.78, 5) is 25.0. The summed E-state index contributed by atoms with van der Waals surface area (Å²) in [7, 11) is 0. The van der Waals surface area contributed by atoms with E-state index in [1.54, 1.807) is 55.0 Å². The average molecular weight is 525 g/mol. The van der Waals surface area contributed by atoms with Gasteiger partial charge in [0.2, 0.25) is 0 Å². The Morgan fingerprint density at radius 2 is 1.89 bits per heavy atom. The summed E-state index contributed by atoms with van der Waals surface area (Å²) in [6.07, 6.45) is 7.49. The second-order valence-electron chi connectivity index (χ2n) is 10.0. The minimum atomic E-state index is -2.95. The van der Waals surface area contributed by atoms with Crippen LogP contribution in [0, 0.1) is 18.2 Å². The molecule has 10 heteroatoms. The number of carboxylic acid groups (broad SMARTS) is 1. The number of nitrogens with zero attached hydrogens (tertiary/aromatic N) is 4. The Morgan fingerprint density at radius 1 is 1.21 bits per heavy atom. The summed E-state index contributed by atoms with van der Waals surface area (Å²) in [5.74, 6) is -0.506. The molecule has 3 aromatic heterocycles. The Hall–Kier alpha value is -3.95. The van der Waals surface area contributed by atoms with Gasteiger partial charge in [0, 0.05) is 59.4 Å². The Balaban J connectivity index is 1.43. The van der Waals surface area contributed by atoms with Crippen molar-refractivity contribution in [2.75, 3.05) is 0 Å². The van der Waals surface area contributed by atoms with Gasteiger partial charge >= 0.3 is 12.6 Å². The third-order valence-electron chi connectivity index (χ3n) is 7.51. The number of ether oxygens (including phenoxy) is 1. The highest BCUT2D eigenvalue weighted by atomic mass is 19.3. The summed E-state index contributed by atoms with van der Waals surface area (Å²) in [5.41, 5.74) is 2.36. The van der Waals surface area contributed by atoms with E-state index in [9.17, 15) is 18.7 Å². The van der Waals surface area contributed by atoms with Crippen LogP contribution in [0.25, 0.3) is 16.8 Å². The van der Waals surface area contributed by atoms with E-state index in [2.05, 4.69) is 19.7 Å². The molecule has 0 bridgehead atoms. The molecule has 0 saturated heterocycles. The van der Waals surface area contributed by atoms with Gasteiger partial charge in [-0.2, -0.15) is 8.78 Å². The SMILES string of the molecule is Cc1nc2cc(F)c(-c3cnc([C@H]4CC[C@@](C)(C(=O)O)CC4)nc3)cn2c1Cc1ccccc1OC(F)F. The van der Waals surface area contributed by atoms with Gasteiger partial charge in [0.25, 0.3) is 0 Å². The molecule has 0 radical (unpaired) electrons. The van der Waals surface area contributed by atoms with E-state index in [1.807, 2.05) is 0 Å². The topological polar surface area (TPSA) is 89.6 Å². The van der Waals surface area contributed by atoms with Crippen LogP contribution in [0.4, 0.5) is 13.2 Å². The number of hydrogen-bond donors (Lipinski definition) is 1. The van der Waals surface area contributed by atoms with Crippen molar-refractivity contribution in [3.05, 3.63) is 77.5 Å². The number of para-hydroxylation sites is 1. The van der Waals surface area contributed by atoms with Gasteiger partial charge in [0.1, 0.15) is 23.0 Å². The van der Waals surface area contributed by atoms with Crippen molar-refractivity contribution in [2.24, 2.45) is 5.41 Å². The number of aromatic nitrogens is 4. The summed E-state index contributed by atoms with van der Waals surface area (Å²) in [5, 5.41) is 9.46.